The van der Waals surface area contributed by atoms with Gasteiger partial charge in [0.15, 0.2) is 0 Å². The minimum absolute atomic E-state index is 0.665. The molecule has 17 heavy (non-hydrogen) atoms. The van der Waals surface area contributed by atoms with Crippen molar-refractivity contribution in [1.29, 1.82) is 0 Å². The highest BCUT2D eigenvalue weighted by Crippen LogP contribution is 2.26. The van der Waals surface area contributed by atoms with Crippen LogP contribution >= 0.6 is 23.4 Å². The van der Waals surface area contributed by atoms with Crippen molar-refractivity contribution < 1.29 is 0 Å². The monoisotopic (exact) mass is 264 g/mol. The lowest BCUT2D eigenvalue weighted by atomic mass is 10.2. The molecule has 0 saturated heterocycles. The van der Waals surface area contributed by atoms with Gasteiger partial charge in [-0.3, -0.25) is 0 Å². The van der Waals surface area contributed by atoms with E-state index in [1.54, 1.807) is 18.0 Å². The molecule has 0 radical (unpaired) electrons. The molecule has 1 aromatic carbocycles. The van der Waals surface area contributed by atoms with Crippen LogP contribution in [0.2, 0.25) is 5.02 Å². The number of nitrogens with zero attached hydrogens (tertiary/aromatic N) is 1. The number of nitrogens with one attached hydrogen (secondary N) is 1. The van der Waals surface area contributed by atoms with Gasteiger partial charge in [-0.1, -0.05) is 35.5 Å². The molecule has 1 heterocycles. The van der Waals surface area contributed by atoms with Crippen LogP contribution in [0.1, 0.15) is 5.56 Å². The van der Waals surface area contributed by atoms with E-state index in [1.165, 1.54) is 10.5 Å². The molecule has 0 unspecified atom stereocenters. The first kappa shape index (κ1) is 12.4. The Bertz CT molecular complexity index is 468. The molecule has 0 fully saturated rings. The minimum atomic E-state index is 0.665. The Morgan fingerprint density at radius 3 is 2.53 bits per heavy atom. The maximum absolute atomic E-state index is 5.79. The normalized spacial score (nSPS) is 10.5. The van der Waals surface area contributed by atoms with Gasteiger partial charge in [0.2, 0.25) is 0 Å². The van der Waals surface area contributed by atoms with Crippen molar-refractivity contribution in [3.63, 3.8) is 0 Å². The van der Waals surface area contributed by atoms with Crippen LogP contribution in [0.15, 0.2) is 52.5 Å². The molecule has 4 heteroatoms. The molecular weight excluding hydrogens is 252 g/mol. The fourth-order valence-electron chi connectivity index (χ4n) is 1.42. The molecule has 2 rings (SSSR count). The average molecular weight is 265 g/mol. The van der Waals surface area contributed by atoms with Crippen LogP contribution < -0.4 is 5.32 Å². The van der Waals surface area contributed by atoms with E-state index in [-0.39, 0.29) is 0 Å². The number of benzene rings is 1. The van der Waals surface area contributed by atoms with Crippen LogP contribution in [-0.2, 0) is 6.54 Å². The Balaban J connectivity index is 2.05. The molecule has 1 aromatic heterocycles. The van der Waals surface area contributed by atoms with Crippen LogP contribution in [0.4, 0.5) is 0 Å². The Morgan fingerprint density at radius 1 is 1.18 bits per heavy atom. The van der Waals surface area contributed by atoms with E-state index in [2.05, 4.69) is 34.6 Å². The van der Waals surface area contributed by atoms with E-state index in [0.717, 1.165) is 11.6 Å². The number of pyridine rings is 1. The van der Waals surface area contributed by atoms with Crippen LogP contribution in [0.3, 0.4) is 0 Å². The summed E-state index contributed by atoms with van der Waals surface area (Å²) in [5.41, 5.74) is 1.28. The standard InChI is InChI=1S/C13H13ClN2S/c1-15-8-10-2-5-12(6-3-10)17-13-7-4-11(14)9-16-13/h2-7,9,15H,8H2,1H3. The highest BCUT2D eigenvalue weighted by atomic mass is 35.5. The second-order valence-corrected chi connectivity index (χ2v) is 5.12. The van der Waals surface area contributed by atoms with Crippen LogP contribution in [0.25, 0.3) is 0 Å². The van der Waals surface area contributed by atoms with Crippen molar-refractivity contribution >= 4 is 23.4 Å². The molecule has 0 aliphatic heterocycles. The zero-order valence-electron chi connectivity index (χ0n) is 9.48. The summed E-state index contributed by atoms with van der Waals surface area (Å²) in [6, 6.07) is 12.2. The minimum Gasteiger partial charge on any atom is -0.316 e. The highest BCUT2D eigenvalue weighted by Gasteiger charge is 1.99. The molecule has 0 atom stereocenters. The van der Waals surface area contributed by atoms with E-state index >= 15 is 0 Å². The van der Waals surface area contributed by atoms with Crippen molar-refractivity contribution in [1.82, 2.24) is 10.3 Å². The predicted octanol–water partition coefficient (Wildman–Crippen LogP) is 3.61. The molecule has 0 bridgehead atoms. The molecule has 0 amide bonds. The Labute approximate surface area is 110 Å². The summed E-state index contributed by atoms with van der Waals surface area (Å²) in [5.74, 6) is 0. The van der Waals surface area contributed by atoms with Gasteiger partial charge in [-0.05, 0) is 36.9 Å². The van der Waals surface area contributed by atoms with E-state index < -0.39 is 0 Å². The Kier molecular flexibility index (Phi) is 4.42. The molecule has 0 aliphatic rings. The summed E-state index contributed by atoms with van der Waals surface area (Å²) in [5, 5.41) is 4.75. The van der Waals surface area contributed by atoms with Crippen LogP contribution in [-0.4, -0.2) is 12.0 Å². The summed E-state index contributed by atoms with van der Waals surface area (Å²) in [6.07, 6.45) is 1.67. The molecule has 0 spiro atoms. The smallest absolute Gasteiger partial charge is 0.101 e. The summed E-state index contributed by atoms with van der Waals surface area (Å²) in [4.78, 5) is 5.43. The van der Waals surface area contributed by atoms with Gasteiger partial charge < -0.3 is 5.32 Å². The SMILES string of the molecule is CNCc1ccc(Sc2ccc(Cl)cn2)cc1. The lowest BCUT2D eigenvalue weighted by molar-refractivity contribution is 0.817. The first-order valence-corrected chi connectivity index (χ1v) is 6.50. The van der Waals surface area contributed by atoms with Gasteiger partial charge in [-0.25, -0.2) is 4.98 Å². The number of rotatable bonds is 4. The zero-order chi connectivity index (χ0) is 12.1. The van der Waals surface area contributed by atoms with Crippen molar-refractivity contribution in [2.75, 3.05) is 7.05 Å². The summed E-state index contributed by atoms with van der Waals surface area (Å²) in [7, 11) is 1.94. The Hall–Kier alpha value is -1.03. The van der Waals surface area contributed by atoms with E-state index in [0.29, 0.717) is 5.02 Å². The largest absolute Gasteiger partial charge is 0.316 e. The molecular formula is C13H13ClN2S. The fourth-order valence-corrected chi connectivity index (χ4v) is 2.29. The lowest BCUT2D eigenvalue weighted by Gasteiger charge is -2.03. The van der Waals surface area contributed by atoms with Gasteiger partial charge in [-0.15, -0.1) is 0 Å². The maximum atomic E-state index is 5.79. The lowest BCUT2D eigenvalue weighted by Crippen LogP contribution is -2.04. The maximum Gasteiger partial charge on any atom is 0.101 e. The van der Waals surface area contributed by atoms with Gasteiger partial charge in [0.05, 0.1) is 5.02 Å². The average Bonchev–Trinajstić information content (AvgIpc) is 2.35. The van der Waals surface area contributed by atoms with E-state index in [4.69, 9.17) is 11.6 Å². The first-order valence-electron chi connectivity index (χ1n) is 5.31. The van der Waals surface area contributed by atoms with Gasteiger partial charge in [0.25, 0.3) is 0 Å². The van der Waals surface area contributed by atoms with Crippen LogP contribution in [0.5, 0.6) is 0 Å². The van der Waals surface area contributed by atoms with Crippen molar-refractivity contribution in [2.24, 2.45) is 0 Å². The zero-order valence-corrected chi connectivity index (χ0v) is 11.1. The predicted molar refractivity (Wildman–Crippen MR) is 72.6 cm³/mol. The third kappa shape index (κ3) is 3.73. The third-order valence-electron chi connectivity index (χ3n) is 2.23. The third-order valence-corrected chi connectivity index (χ3v) is 3.41. The topological polar surface area (TPSA) is 24.9 Å². The van der Waals surface area contributed by atoms with E-state index in [1.807, 2.05) is 19.2 Å². The quantitative estimate of drug-likeness (QED) is 0.913. The first-order chi connectivity index (χ1) is 8.28. The van der Waals surface area contributed by atoms with Crippen LogP contribution in [0, 0.1) is 0 Å². The van der Waals surface area contributed by atoms with Crippen molar-refractivity contribution in [3.8, 4) is 0 Å². The van der Waals surface area contributed by atoms with E-state index in [9.17, 15) is 0 Å². The molecule has 2 nitrogen and oxygen atoms in total. The number of aromatic nitrogens is 1. The molecule has 2 aromatic rings. The second kappa shape index (κ2) is 6.05. The Morgan fingerprint density at radius 2 is 1.94 bits per heavy atom. The number of hydrogen-bond donors (Lipinski definition) is 1. The fraction of sp³-hybridized carbons (Fsp3) is 0.154. The molecule has 1 N–H and O–H groups in total. The summed E-state index contributed by atoms with van der Waals surface area (Å²) >= 11 is 7.42. The van der Waals surface area contributed by atoms with Gasteiger partial charge in [0, 0.05) is 17.6 Å². The number of halogens is 1. The number of hydrogen-bond acceptors (Lipinski definition) is 3. The highest BCUT2D eigenvalue weighted by molar-refractivity contribution is 7.99. The van der Waals surface area contributed by atoms with Gasteiger partial charge in [0.1, 0.15) is 5.03 Å². The molecule has 0 aliphatic carbocycles. The molecule has 0 saturated carbocycles. The summed E-state index contributed by atoms with van der Waals surface area (Å²) < 4.78 is 0. The van der Waals surface area contributed by atoms with Gasteiger partial charge in [-0.2, -0.15) is 0 Å². The summed E-state index contributed by atoms with van der Waals surface area (Å²) in [6.45, 7) is 0.893. The van der Waals surface area contributed by atoms with Crippen molar-refractivity contribution in [2.45, 2.75) is 16.5 Å². The molecule has 88 valence electrons. The second-order valence-electron chi connectivity index (χ2n) is 3.59. The van der Waals surface area contributed by atoms with Crippen molar-refractivity contribution in [3.05, 3.63) is 53.2 Å². The van der Waals surface area contributed by atoms with Gasteiger partial charge >= 0.3 is 0 Å².